The highest BCUT2D eigenvalue weighted by atomic mass is 16.5. The fourth-order valence-corrected chi connectivity index (χ4v) is 3.84. The van der Waals surface area contributed by atoms with E-state index in [0.29, 0.717) is 24.3 Å². The largest absolute Gasteiger partial charge is 0.392 e. The highest BCUT2D eigenvalue weighted by Gasteiger charge is 2.21. The van der Waals surface area contributed by atoms with E-state index in [2.05, 4.69) is 15.0 Å². The van der Waals surface area contributed by atoms with Crippen LogP contribution in [0.3, 0.4) is 0 Å². The summed E-state index contributed by atoms with van der Waals surface area (Å²) in [4.78, 5) is 24.7. The molecule has 2 aromatic heterocycles. The Morgan fingerprint density at radius 3 is 2.87 bits per heavy atom. The molecule has 1 aromatic carbocycles. The SMILES string of the molecule is COCCOC1CCC(=NC(=O)c2cc(-n3ccnc3)cc3c(CO)c[nH]c23)CC1. The zero-order valence-electron chi connectivity index (χ0n) is 17.0. The second-order valence-electron chi connectivity index (χ2n) is 7.40. The van der Waals surface area contributed by atoms with Gasteiger partial charge in [-0.1, -0.05) is 0 Å². The Balaban J connectivity index is 1.57. The van der Waals surface area contributed by atoms with Gasteiger partial charge in [-0.15, -0.1) is 0 Å². The van der Waals surface area contributed by atoms with Crippen molar-refractivity contribution in [3.05, 3.63) is 48.2 Å². The van der Waals surface area contributed by atoms with Gasteiger partial charge in [0.1, 0.15) is 0 Å². The molecule has 158 valence electrons. The molecule has 0 radical (unpaired) electrons. The second kappa shape index (κ2) is 9.34. The lowest BCUT2D eigenvalue weighted by Crippen LogP contribution is -2.23. The van der Waals surface area contributed by atoms with Crippen LogP contribution in [0.5, 0.6) is 0 Å². The van der Waals surface area contributed by atoms with Gasteiger partial charge in [0.15, 0.2) is 0 Å². The first kappa shape index (κ1) is 20.5. The van der Waals surface area contributed by atoms with E-state index >= 15 is 0 Å². The van der Waals surface area contributed by atoms with E-state index in [1.165, 1.54) is 0 Å². The summed E-state index contributed by atoms with van der Waals surface area (Å²) in [5.41, 5.74) is 3.62. The monoisotopic (exact) mass is 410 g/mol. The number of H-pyrrole nitrogens is 1. The molecule has 2 heterocycles. The smallest absolute Gasteiger partial charge is 0.279 e. The zero-order valence-corrected chi connectivity index (χ0v) is 17.0. The number of hydrogen-bond acceptors (Lipinski definition) is 5. The number of fused-ring (bicyclic) bond motifs is 1. The molecule has 1 aliphatic carbocycles. The number of carbonyl (C=O) groups excluding carboxylic acids is 1. The van der Waals surface area contributed by atoms with Crippen molar-refractivity contribution in [3.8, 4) is 5.69 Å². The third kappa shape index (κ3) is 4.35. The number of hydrogen-bond donors (Lipinski definition) is 2. The molecule has 0 saturated heterocycles. The van der Waals surface area contributed by atoms with Crippen LogP contribution in [0.15, 0.2) is 42.0 Å². The second-order valence-corrected chi connectivity index (χ2v) is 7.40. The Labute approximate surface area is 174 Å². The Morgan fingerprint density at radius 2 is 2.17 bits per heavy atom. The predicted molar refractivity (Wildman–Crippen MR) is 113 cm³/mol. The van der Waals surface area contributed by atoms with Gasteiger partial charge < -0.3 is 24.1 Å². The van der Waals surface area contributed by atoms with E-state index in [1.54, 1.807) is 25.8 Å². The number of aromatic amines is 1. The maximum atomic E-state index is 13.1. The molecule has 0 aliphatic heterocycles. The number of aliphatic hydroxyl groups excluding tert-OH is 1. The topological polar surface area (TPSA) is 102 Å². The number of amides is 1. The summed E-state index contributed by atoms with van der Waals surface area (Å²) < 4.78 is 12.6. The van der Waals surface area contributed by atoms with Gasteiger partial charge in [-0.05, 0) is 37.8 Å². The first-order valence-electron chi connectivity index (χ1n) is 10.1. The molecule has 0 bridgehead atoms. The molecule has 1 amide bonds. The van der Waals surface area contributed by atoms with Gasteiger partial charge in [0, 0.05) is 48.0 Å². The summed E-state index contributed by atoms with van der Waals surface area (Å²) in [7, 11) is 1.66. The van der Waals surface area contributed by atoms with Gasteiger partial charge in [-0.3, -0.25) is 4.79 Å². The van der Waals surface area contributed by atoms with E-state index in [0.717, 1.165) is 48.0 Å². The highest BCUT2D eigenvalue weighted by molar-refractivity contribution is 6.11. The molecule has 1 saturated carbocycles. The number of rotatable bonds is 7. The van der Waals surface area contributed by atoms with Crippen LogP contribution in [0.25, 0.3) is 16.6 Å². The lowest BCUT2D eigenvalue weighted by atomic mass is 9.95. The quantitative estimate of drug-likeness (QED) is 0.583. The molecule has 1 fully saturated rings. The average molecular weight is 410 g/mol. The van der Waals surface area contributed by atoms with Crippen molar-refractivity contribution in [3.63, 3.8) is 0 Å². The minimum atomic E-state index is -0.276. The summed E-state index contributed by atoms with van der Waals surface area (Å²) in [6, 6.07) is 3.75. The van der Waals surface area contributed by atoms with Crippen LogP contribution in [0.2, 0.25) is 0 Å². The number of imidazole rings is 1. The van der Waals surface area contributed by atoms with Crippen molar-refractivity contribution < 1.29 is 19.4 Å². The third-order valence-electron chi connectivity index (χ3n) is 5.47. The first-order chi connectivity index (χ1) is 14.7. The van der Waals surface area contributed by atoms with E-state index in [9.17, 15) is 9.90 Å². The molecule has 2 N–H and O–H groups in total. The van der Waals surface area contributed by atoms with Gasteiger partial charge in [-0.25, -0.2) is 9.98 Å². The Morgan fingerprint density at radius 1 is 1.33 bits per heavy atom. The van der Waals surface area contributed by atoms with Crippen LogP contribution in [0, 0.1) is 0 Å². The van der Waals surface area contributed by atoms with Gasteiger partial charge in [0.25, 0.3) is 5.91 Å². The lowest BCUT2D eigenvalue weighted by Gasteiger charge is -2.23. The summed E-state index contributed by atoms with van der Waals surface area (Å²) in [6.07, 6.45) is 10.3. The number of nitrogens with zero attached hydrogens (tertiary/aromatic N) is 3. The summed E-state index contributed by atoms with van der Waals surface area (Å²) >= 11 is 0. The van der Waals surface area contributed by atoms with Crippen LogP contribution in [-0.4, -0.2) is 57.7 Å². The van der Waals surface area contributed by atoms with E-state index in [-0.39, 0.29) is 18.6 Å². The molecule has 8 nitrogen and oxygen atoms in total. The summed E-state index contributed by atoms with van der Waals surface area (Å²) in [5.74, 6) is -0.276. The van der Waals surface area contributed by atoms with Crippen molar-refractivity contribution in [1.82, 2.24) is 14.5 Å². The standard InChI is InChI=1S/C22H26N4O4/c1-29-8-9-30-18-4-2-16(3-5-18)25-22(28)20-11-17(26-7-6-23-14-26)10-19-15(13-27)12-24-21(19)20/h6-7,10-12,14,18,24,27H,2-5,8-9,13H2,1H3. The Bertz CT molecular complexity index is 1030. The number of methoxy groups -OCH3 is 1. The zero-order chi connectivity index (χ0) is 20.9. The average Bonchev–Trinajstić information content (AvgIpc) is 3.44. The van der Waals surface area contributed by atoms with Crippen molar-refractivity contribution in [2.75, 3.05) is 20.3 Å². The van der Waals surface area contributed by atoms with Gasteiger partial charge in [0.2, 0.25) is 0 Å². The van der Waals surface area contributed by atoms with Crippen LogP contribution in [0.4, 0.5) is 0 Å². The van der Waals surface area contributed by atoms with Crippen LogP contribution in [-0.2, 0) is 16.1 Å². The number of aromatic nitrogens is 3. The van der Waals surface area contributed by atoms with Crippen LogP contribution >= 0.6 is 0 Å². The highest BCUT2D eigenvalue weighted by Crippen LogP contribution is 2.27. The van der Waals surface area contributed by atoms with E-state index in [1.807, 2.05) is 22.9 Å². The molecule has 8 heteroatoms. The van der Waals surface area contributed by atoms with Crippen LogP contribution < -0.4 is 0 Å². The summed E-state index contributed by atoms with van der Waals surface area (Å²) in [6.45, 7) is 1.07. The van der Waals surface area contributed by atoms with Gasteiger partial charge in [-0.2, -0.15) is 0 Å². The van der Waals surface area contributed by atoms with E-state index < -0.39 is 0 Å². The van der Waals surface area contributed by atoms with Crippen molar-refractivity contribution in [2.24, 2.45) is 4.99 Å². The molecule has 30 heavy (non-hydrogen) atoms. The minimum absolute atomic E-state index is 0.111. The molecule has 0 atom stereocenters. The molecule has 0 spiro atoms. The van der Waals surface area contributed by atoms with Crippen molar-refractivity contribution in [1.29, 1.82) is 0 Å². The fraction of sp³-hybridized carbons (Fsp3) is 0.409. The summed E-state index contributed by atoms with van der Waals surface area (Å²) in [5, 5.41) is 10.5. The number of nitrogens with one attached hydrogen (secondary N) is 1. The molecular weight excluding hydrogens is 384 g/mol. The predicted octanol–water partition coefficient (Wildman–Crippen LogP) is 3.03. The molecular formula is C22H26N4O4. The molecule has 4 rings (SSSR count). The van der Waals surface area contributed by atoms with Crippen molar-refractivity contribution >= 4 is 22.5 Å². The number of aliphatic hydroxyl groups is 1. The normalized spacial score (nSPS) is 16.9. The van der Waals surface area contributed by atoms with Gasteiger partial charge >= 0.3 is 0 Å². The number of aliphatic imine (C=N–C) groups is 1. The number of carbonyl (C=O) groups is 1. The Hall–Kier alpha value is -2.81. The molecule has 3 aromatic rings. The maximum Gasteiger partial charge on any atom is 0.279 e. The lowest BCUT2D eigenvalue weighted by molar-refractivity contribution is 0.00822. The first-order valence-corrected chi connectivity index (χ1v) is 10.1. The maximum absolute atomic E-state index is 13.1. The van der Waals surface area contributed by atoms with Gasteiger partial charge in [0.05, 0.1) is 43.3 Å². The third-order valence-corrected chi connectivity index (χ3v) is 5.47. The van der Waals surface area contributed by atoms with E-state index in [4.69, 9.17) is 9.47 Å². The number of benzene rings is 1. The molecule has 0 unspecified atom stereocenters. The Kier molecular flexibility index (Phi) is 6.37. The fourth-order valence-electron chi connectivity index (χ4n) is 3.84. The van der Waals surface area contributed by atoms with Crippen molar-refractivity contribution in [2.45, 2.75) is 38.4 Å². The minimum Gasteiger partial charge on any atom is -0.392 e. The molecule has 1 aliphatic rings. The number of ether oxygens (including phenoxy) is 2. The van der Waals surface area contributed by atoms with Crippen LogP contribution in [0.1, 0.15) is 41.6 Å².